The lowest BCUT2D eigenvalue weighted by Gasteiger charge is -2.18. The maximum atomic E-state index is 12.0. The molecule has 0 radical (unpaired) electrons. The molecule has 1 rings (SSSR count). The number of nitrogens with two attached hydrogens (primary N) is 1. The predicted molar refractivity (Wildman–Crippen MR) is 66.6 cm³/mol. The smallest absolute Gasteiger partial charge is 0.269 e. The van der Waals surface area contributed by atoms with E-state index >= 15 is 0 Å². The average molecular weight is 273 g/mol. The molecule has 0 aliphatic heterocycles. The summed E-state index contributed by atoms with van der Waals surface area (Å²) in [6.45, 7) is 1.88. The highest BCUT2D eigenvalue weighted by Crippen LogP contribution is 2.18. The molecule has 0 saturated heterocycles. The Morgan fingerprint density at radius 2 is 1.89 bits per heavy atom. The van der Waals surface area contributed by atoms with E-state index in [9.17, 15) is 18.5 Å². The number of rotatable bonds is 5. The van der Waals surface area contributed by atoms with Gasteiger partial charge >= 0.3 is 0 Å². The van der Waals surface area contributed by atoms with Gasteiger partial charge in [-0.25, -0.2) is 8.42 Å². The van der Waals surface area contributed by atoms with Crippen molar-refractivity contribution in [2.45, 2.75) is 17.9 Å². The first-order chi connectivity index (χ1) is 8.25. The maximum absolute atomic E-state index is 12.0. The third-order valence-corrected chi connectivity index (χ3v) is 4.14. The molecular weight excluding hydrogens is 258 g/mol. The summed E-state index contributed by atoms with van der Waals surface area (Å²) in [6.07, 6.45) is 0. The number of nitro groups is 1. The molecule has 0 spiro atoms. The fourth-order valence-corrected chi connectivity index (χ4v) is 2.69. The second-order valence-corrected chi connectivity index (χ2v) is 6.06. The largest absolute Gasteiger partial charge is 0.327 e. The number of benzene rings is 1. The van der Waals surface area contributed by atoms with Gasteiger partial charge in [0.15, 0.2) is 0 Å². The van der Waals surface area contributed by atoms with Crippen LogP contribution in [0, 0.1) is 10.1 Å². The number of likely N-dealkylation sites (N-methyl/N-ethyl adjacent to an activating group) is 1. The van der Waals surface area contributed by atoms with Gasteiger partial charge in [-0.05, 0) is 19.1 Å². The number of nitrogens with zero attached hydrogens (tertiary/aromatic N) is 2. The number of sulfonamides is 1. The molecule has 0 saturated carbocycles. The maximum Gasteiger partial charge on any atom is 0.269 e. The first-order valence-electron chi connectivity index (χ1n) is 5.21. The van der Waals surface area contributed by atoms with Crippen molar-refractivity contribution in [3.63, 3.8) is 0 Å². The topological polar surface area (TPSA) is 107 Å². The molecular formula is C10H15N3O4S. The standard InChI is InChI=1S/C10H15N3O4S/c1-8(11)7-12(2)18(16,17)10-5-3-9(4-6-10)13(14)15/h3-6,8H,7,11H2,1-2H3. The van der Waals surface area contributed by atoms with Crippen LogP contribution in [0.15, 0.2) is 29.2 Å². The zero-order chi connectivity index (χ0) is 13.9. The normalized spacial score (nSPS) is 13.6. The van der Waals surface area contributed by atoms with Gasteiger partial charge in [-0.3, -0.25) is 10.1 Å². The fraction of sp³-hybridized carbons (Fsp3) is 0.400. The van der Waals surface area contributed by atoms with Crippen LogP contribution in [0.3, 0.4) is 0 Å². The molecule has 8 heteroatoms. The van der Waals surface area contributed by atoms with Gasteiger partial charge in [-0.2, -0.15) is 4.31 Å². The fourth-order valence-electron chi connectivity index (χ4n) is 1.42. The Kier molecular flexibility index (Phi) is 4.38. The Hall–Kier alpha value is -1.51. The SMILES string of the molecule is CC(N)CN(C)S(=O)(=O)c1ccc([N+](=O)[O-])cc1. The second kappa shape index (κ2) is 5.42. The van der Waals surface area contributed by atoms with Crippen LogP contribution in [0.25, 0.3) is 0 Å². The monoisotopic (exact) mass is 273 g/mol. The lowest BCUT2D eigenvalue weighted by Crippen LogP contribution is -2.36. The highest BCUT2D eigenvalue weighted by Gasteiger charge is 2.22. The zero-order valence-corrected chi connectivity index (χ0v) is 10.9. The molecule has 0 aliphatic carbocycles. The summed E-state index contributed by atoms with van der Waals surface area (Å²) >= 11 is 0. The van der Waals surface area contributed by atoms with Crippen molar-refractivity contribution in [3.05, 3.63) is 34.4 Å². The number of hydrogen-bond acceptors (Lipinski definition) is 5. The van der Waals surface area contributed by atoms with E-state index in [4.69, 9.17) is 5.73 Å². The molecule has 2 N–H and O–H groups in total. The third kappa shape index (κ3) is 3.25. The van der Waals surface area contributed by atoms with Crippen LogP contribution in [-0.4, -0.2) is 37.3 Å². The summed E-state index contributed by atoms with van der Waals surface area (Å²) in [5.74, 6) is 0. The molecule has 0 aliphatic rings. The van der Waals surface area contributed by atoms with Crippen molar-refractivity contribution in [1.29, 1.82) is 0 Å². The van der Waals surface area contributed by atoms with Crippen LogP contribution < -0.4 is 5.73 Å². The summed E-state index contributed by atoms with van der Waals surface area (Å²) in [5.41, 5.74) is 5.39. The Bertz CT molecular complexity index is 525. The summed E-state index contributed by atoms with van der Waals surface area (Å²) in [7, 11) is -2.23. The molecule has 18 heavy (non-hydrogen) atoms. The van der Waals surface area contributed by atoms with Crippen molar-refractivity contribution < 1.29 is 13.3 Å². The zero-order valence-electron chi connectivity index (χ0n) is 10.1. The Balaban J connectivity index is 3.02. The van der Waals surface area contributed by atoms with Gasteiger partial charge in [0.2, 0.25) is 10.0 Å². The van der Waals surface area contributed by atoms with Crippen molar-refractivity contribution >= 4 is 15.7 Å². The first-order valence-corrected chi connectivity index (χ1v) is 6.65. The molecule has 0 heterocycles. The highest BCUT2D eigenvalue weighted by molar-refractivity contribution is 7.89. The molecule has 0 amide bonds. The first kappa shape index (κ1) is 14.6. The summed E-state index contributed by atoms with van der Waals surface area (Å²) in [4.78, 5) is 9.90. The summed E-state index contributed by atoms with van der Waals surface area (Å²) in [5, 5.41) is 10.5. The van der Waals surface area contributed by atoms with E-state index in [1.54, 1.807) is 6.92 Å². The molecule has 1 aromatic rings. The third-order valence-electron chi connectivity index (χ3n) is 2.30. The van der Waals surface area contributed by atoms with Gasteiger partial charge in [0.25, 0.3) is 5.69 Å². The molecule has 7 nitrogen and oxygen atoms in total. The van der Waals surface area contributed by atoms with Gasteiger partial charge in [0.1, 0.15) is 0 Å². The average Bonchev–Trinajstić information content (AvgIpc) is 2.28. The van der Waals surface area contributed by atoms with Gasteiger partial charge in [-0.15, -0.1) is 0 Å². The molecule has 0 bridgehead atoms. The number of non-ortho nitro benzene ring substituents is 1. The van der Waals surface area contributed by atoms with Gasteiger partial charge in [0, 0.05) is 31.8 Å². The van der Waals surface area contributed by atoms with E-state index in [0.717, 1.165) is 16.4 Å². The molecule has 1 unspecified atom stereocenters. The summed E-state index contributed by atoms with van der Waals surface area (Å²) in [6, 6.07) is 4.46. The molecule has 1 aromatic carbocycles. The van der Waals surface area contributed by atoms with Gasteiger partial charge in [0.05, 0.1) is 9.82 Å². The van der Waals surface area contributed by atoms with Crippen LogP contribution >= 0.6 is 0 Å². The lowest BCUT2D eigenvalue weighted by molar-refractivity contribution is -0.384. The lowest BCUT2D eigenvalue weighted by atomic mass is 10.3. The molecule has 0 fully saturated rings. The van der Waals surface area contributed by atoms with Crippen LogP contribution in [0.4, 0.5) is 5.69 Å². The second-order valence-electron chi connectivity index (χ2n) is 4.01. The highest BCUT2D eigenvalue weighted by atomic mass is 32.2. The predicted octanol–water partition coefficient (Wildman–Crippen LogP) is 0.562. The van der Waals surface area contributed by atoms with Crippen LogP contribution in [0.1, 0.15) is 6.92 Å². The minimum absolute atomic E-state index is 0.0104. The van der Waals surface area contributed by atoms with Gasteiger partial charge < -0.3 is 5.73 Å². The Labute approximate surface area is 105 Å². The van der Waals surface area contributed by atoms with E-state index in [-0.39, 0.29) is 23.2 Å². The van der Waals surface area contributed by atoms with Crippen LogP contribution in [-0.2, 0) is 10.0 Å². The van der Waals surface area contributed by atoms with E-state index in [0.29, 0.717) is 0 Å². The van der Waals surface area contributed by atoms with Crippen LogP contribution in [0.5, 0.6) is 0 Å². The van der Waals surface area contributed by atoms with E-state index in [1.807, 2.05) is 0 Å². The van der Waals surface area contributed by atoms with Crippen LogP contribution in [0.2, 0.25) is 0 Å². The minimum atomic E-state index is -3.65. The quantitative estimate of drug-likeness (QED) is 0.623. The van der Waals surface area contributed by atoms with Crippen molar-refractivity contribution in [3.8, 4) is 0 Å². The Morgan fingerprint density at radius 3 is 2.28 bits per heavy atom. The van der Waals surface area contributed by atoms with Crippen molar-refractivity contribution in [1.82, 2.24) is 4.31 Å². The number of hydrogen-bond donors (Lipinski definition) is 1. The summed E-state index contributed by atoms with van der Waals surface area (Å²) < 4.78 is 25.2. The van der Waals surface area contributed by atoms with Gasteiger partial charge in [-0.1, -0.05) is 0 Å². The van der Waals surface area contributed by atoms with E-state index < -0.39 is 14.9 Å². The van der Waals surface area contributed by atoms with Crippen molar-refractivity contribution in [2.24, 2.45) is 5.73 Å². The number of nitro benzene ring substituents is 1. The minimum Gasteiger partial charge on any atom is -0.327 e. The Morgan fingerprint density at radius 1 is 1.39 bits per heavy atom. The molecule has 0 aromatic heterocycles. The molecule has 1 atom stereocenters. The van der Waals surface area contributed by atoms with E-state index in [1.165, 1.54) is 19.2 Å². The molecule has 100 valence electrons. The van der Waals surface area contributed by atoms with Crippen molar-refractivity contribution in [2.75, 3.05) is 13.6 Å². The van der Waals surface area contributed by atoms with E-state index in [2.05, 4.69) is 0 Å².